The largest absolute Gasteiger partial charge is 0.273 e. The number of nitrogens with zero attached hydrogens (tertiary/aromatic N) is 1. The zero-order chi connectivity index (χ0) is 10.1. The van der Waals surface area contributed by atoms with Crippen LogP contribution in [0.3, 0.4) is 0 Å². The maximum Gasteiger partial charge on any atom is 0.231 e. The lowest BCUT2D eigenvalue weighted by atomic mass is 10.3. The Balaban J connectivity index is 3.10. The van der Waals surface area contributed by atoms with Gasteiger partial charge in [-0.25, -0.2) is 12.8 Å². The molecule has 0 fully saturated rings. The molecule has 3 nitrogen and oxygen atoms in total. The first kappa shape index (κ1) is 9.98. The van der Waals surface area contributed by atoms with Gasteiger partial charge in [-0.3, -0.25) is 4.31 Å². The van der Waals surface area contributed by atoms with Gasteiger partial charge in [0, 0.05) is 7.05 Å². The van der Waals surface area contributed by atoms with Gasteiger partial charge in [-0.05, 0) is 18.2 Å². The molecule has 0 aliphatic rings. The number of hydrogen-bond donors (Lipinski definition) is 0. The van der Waals surface area contributed by atoms with Gasteiger partial charge in [-0.15, -0.1) is 0 Å². The molecule has 0 unspecified atom stereocenters. The zero-order valence-corrected chi connectivity index (χ0v) is 8.18. The molecule has 1 aromatic carbocycles. The van der Waals surface area contributed by atoms with Gasteiger partial charge in [-0.2, -0.15) is 0 Å². The van der Waals surface area contributed by atoms with E-state index < -0.39 is 15.8 Å². The lowest BCUT2D eigenvalue weighted by Gasteiger charge is -2.15. The van der Waals surface area contributed by atoms with Crippen LogP contribution in [0.15, 0.2) is 24.3 Å². The van der Waals surface area contributed by atoms with E-state index in [1.165, 1.54) is 31.3 Å². The molecule has 0 atom stereocenters. The molecule has 0 N–H and O–H groups in total. The summed E-state index contributed by atoms with van der Waals surface area (Å²) in [5.74, 6) is -0.451. The van der Waals surface area contributed by atoms with Gasteiger partial charge >= 0.3 is 0 Å². The van der Waals surface area contributed by atoms with E-state index in [4.69, 9.17) is 0 Å². The van der Waals surface area contributed by atoms with Crippen LogP contribution in [0.25, 0.3) is 0 Å². The van der Waals surface area contributed by atoms with Gasteiger partial charge < -0.3 is 0 Å². The van der Waals surface area contributed by atoms with Crippen molar-refractivity contribution in [2.24, 2.45) is 0 Å². The number of hydrogen-bond acceptors (Lipinski definition) is 2. The molecule has 0 radical (unpaired) electrons. The minimum atomic E-state index is -3.31. The summed E-state index contributed by atoms with van der Waals surface area (Å²) in [6, 6.07) is 5.43. The van der Waals surface area contributed by atoms with E-state index >= 15 is 0 Å². The smallest absolute Gasteiger partial charge is 0.231 e. The topological polar surface area (TPSA) is 37.4 Å². The van der Waals surface area contributed by atoms with E-state index in [0.717, 1.165) is 10.6 Å². The van der Waals surface area contributed by atoms with Crippen LogP contribution in [0.4, 0.5) is 10.1 Å². The average molecular weight is 203 g/mol. The highest BCUT2D eigenvalue weighted by Gasteiger charge is 2.11. The fourth-order valence-corrected chi connectivity index (χ4v) is 1.36. The molecule has 0 heterocycles. The molecule has 13 heavy (non-hydrogen) atoms. The Morgan fingerprint density at radius 3 is 2.46 bits per heavy atom. The van der Waals surface area contributed by atoms with E-state index in [0.29, 0.717) is 5.69 Å². The first-order chi connectivity index (χ1) is 5.91. The first-order valence-electron chi connectivity index (χ1n) is 3.61. The Kier molecular flexibility index (Phi) is 2.56. The summed E-state index contributed by atoms with van der Waals surface area (Å²) in [5, 5.41) is 0. The molecule has 72 valence electrons. The van der Waals surface area contributed by atoms with Crippen molar-refractivity contribution in [3.8, 4) is 0 Å². The van der Waals surface area contributed by atoms with Gasteiger partial charge in [0.05, 0.1) is 11.9 Å². The number of anilines is 1. The normalized spacial score (nSPS) is 11.3. The number of rotatable bonds is 2. The van der Waals surface area contributed by atoms with Crippen molar-refractivity contribution in [1.29, 1.82) is 0 Å². The fraction of sp³-hybridized carbons (Fsp3) is 0.250. The summed E-state index contributed by atoms with van der Waals surface area (Å²) in [7, 11) is -1.93. The number of benzene rings is 1. The molecule has 5 heteroatoms. The summed E-state index contributed by atoms with van der Waals surface area (Å²) >= 11 is 0. The third-order valence-corrected chi connectivity index (χ3v) is 2.88. The second kappa shape index (κ2) is 3.33. The predicted molar refractivity (Wildman–Crippen MR) is 49.6 cm³/mol. The third-order valence-electron chi connectivity index (χ3n) is 1.67. The summed E-state index contributed by atoms with van der Waals surface area (Å²) in [4.78, 5) is 0. The molecule has 0 spiro atoms. The Morgan fingerprint density at radius 1 is 1.38 bits per heavy atom. The van der Waals surface area contributed by atoms with Crippen molar-refractivity contribution in [1.82, 2.24) is 0 Å². The molecular weight excluding hydrogens is 193 g/mol. The van der Waals surface area contributed by atoms with Crippen LogP contribution in [-0.2, 0) is 10.0 Å². The second-order valence-electron chi connectivity index (χ2n) is 2.71. The minimum Gasteiger partial charge on any atom is -0.273 e. The maximum atomic E-state index is 12.7. The molecule has 1 rings (SSSR count). The highest BCUT2D eigenvalue weighted by atomic mass is 32.2. The molecular formula is C8H10FNO2S. The molecule has 0 bridgehead atoms. The molecule has 0 saturated carbocycles. The zero-order valence-electron chi connectivity index (χ0n) is 7.36. The third kappa shape index (κ3) is 2.42. The number of sulfonamides is 1. The summed E-state index contributed by atoms with van der Waals surface area (Å²) < 4.78 is 35.8. The van der Waals surface area contributed by atoms with Crippen LogP contribution in [0, 0.1) is 5.82 Å². The standard InChI is InChI=1S/C8H10FNO2S/c1-10(13(2,11)12)8-5-3-4-7(9)6-8/h3-6H,1-2H3. The predicted octanol–water partition coefficient (Wildman–Crippen LogP) is 1.22. The number of halogens is 1. The van der Waals surface area contributed by atoms with E-state index in [9.17, 15) is 12.8 Å². The Labute approximate surface area is 76.8 Å². The van der Waals surface area contributed by atoms with Gasteiger partial charge in [0.15, 0.2) is 0 Å². The van der Waals surface area contributed by atoms with Crippen LogP contribution >= 0.6 is 0 Å². The van der Waals surface area contributed by atoms with Crippen LogP contribution in [0.1, 0.15) is 0 Å². The monoisotopic (exact) mass is 203 g/mol. The van der Waals surface area contributed by atoms with E-state index in [1.54, 1.807) is 0 Å². The lowest BCUT2D eigenvalue weighted by Crippen LogP contribution is -2.24. The van der Waals surface area contributed by atoms with Crippen LogP contribution in [0.2, 0.25) is 0 Å². The highest BCUT2D eigenvalue weighted by molar-refractivity contribution is 7.92. The van der Waals surface area contributed by atoms with Gasteiger partial charge in [0.25, 0.3) is 0 Å². The van der Waals surface area contributed by atoms with Crippen molar-refractivity contribution in [3.05, 3.63) is 30.1 Å². The molecule has 0 saturated heterocycles. The Bertz CT molecular complexity index is 402. The van der Waals surface area contributed by atoms with Crippen molar-refractivity contribution in [2.45, 2.75) is 0 Å². The van der Waals surface area contributed by atoms with Gasteiger partial charge in [-0.1, -0.05) is 6.07 Å². The van der Waals surface area contributed by atoms with Gasteiger partial charge in [0.1, 0.15) is 5.82 Å². The van der Waals surface area contributed by atoms with Gasteiger partial charge in [0.2, 0.25) is 10.0 Å². The van der Waals surface area contributed by atoms with Crippen molar-refractivity contribution < 1.29 is 12.8 Å². The summed E-state index contributed by atoms with van der Waals surface area (Å²) in [6.07, 6.45) is 1.07. The maximum absolute atomic E-state index is 12.7. The van der Waals surface area contributed by atoms with Crippen molar-refractivity contribution >= 4 is 15.7 Å². The molecule has 1 aromatic rings. The molecule has 0 amide bonds. The molecule has 0 aromatic heterocycles. The van der Waals surface area contributed by atoms with E-state index in [1.807, 2.05) is 0 Å². The summed E-state index contributed by atoms with van der Waals surface area (Å²) in [5.41, 5.74) is 0.322. The fourth-order valence-electron chi connectivity index (χ4n) is 0.863. The molecule has 0 aliphatic heterocycles. The van der Waals surface area contributed by atoms with Crippen molar-refractivity contribution in [2.75, 3.05) is 17.6 Å². The van der Waals surface area contributed by atoms with Crippen LogP contribution in [0.5, 0.6) is 0 Å². The highest BCUT2D eigenvalue weighted by Crippen LogP contribution is 2.15. The van der Waals surface area contributed by atoms with Crippen LogP contribution < -0.4 is 4.31 Å². The first-order valence-corrected chi connectivity index (χ1v) is 5.45. The second-order valence-corrected chi connectivity index (χ2v) is 4.72. The average Bonchev–Trinajstić information content (AvgIpc) is 2.01. The Hall–Kier alpha value is -1.10. The molecule has 0 aliphatic carbocycles. The minimum absolute atomic E-state index is 0.322. The lowest BCUT2D eigenvalue weighted by molar-refractivity contribution is 0.600. The Morgan fingerprint density at radius 2 is 2.00 bits per heavy atom. The van der Waals surface area contributed by atoms with Crippen LogP contribution in [-0.4, -0.2) is 21.7 Å². The quantitative estimate of drug-likeness (QED) is 0.724. The van der Waals surface area contributed by atoms with Crippen molar-refractivity contribution in [3.63, 3.8) is 0 Å². The summed E-state index contributed by atoms with van der Waals surface area (Å²) in [6.45, 7) is 0. The van der Waals surface area contributed by atoms with E-state index in [2.05, 4.69) is 0 Å². The SMILES string of the molecule is CN(c1cccc(F)c1)S(C)(=O)=O. The van der Waals surface area contributed by atoms with E-state index in [-0.39, 0.29) is 0 Å².